The number of rotatable bonds is 7. The first-order valence-corrected chi connectivity index (χ1v) is 7.75. The Morgan fingerprint density at radius 1 is 1.15 bits per heavy atom. The molecule has 2 aromatic rings. The van der Waals surface area contributed by atoms with E-state index in [0.29, 0.717) is 29.2 Å². The van der Waals surface area contributed by atoms with Crippen LogP contribution in [0.4, 0.5) is 4.79 Å². The van der Waals surface area contributed by atoms with Gasteiger partial charge in [0, 0.05) is 0 Å². The quantitative estimate of drug-likeness (QED) is 0.342. The Hall–Kier alpha value is -3.55. The predicted octanol–water partition coefficient (Wildman–Crippen LogP) is 2.32. The second kappa shape index (κ2) is 9.07. The highest BCUT2D eigenvalue weighted by Gasteiger charge is 2.13. The Morgan fingerprint density at radius 3 is 2.50 bits per heavy atom. The minimum atomic E-state index is -0.769. The van der Waals surface area contributed by atoms with Crippen molar-refractivity contribution in [1.29, 1.82) is 0 Å². The second-order valence-corrected chi connectivity index (χ2v) is 4.99. The van der Waals surface area contributed by atoms with Crippen molar-refractivity contribution < 1.29 is 23.8 Å². The van der Waals surface area contributed by atoms with E-state index in [9.17, 15) is 9.59 Å². The van der Waals surface area contributed by atoms with Crippen LogP contribution >= 0.6 is 0 Å². The minimum Gasteiger partial charge on any atom is -0.494 e. The van der Waals surface area contributed by atoms with Gasteiger partial charge in [0.05, 0.1) is 25.5 Å². The van der Waals surface area contributed by atoms with Crippen LogP contribution in [0.25, 0.3) is 0 Å². The smallest absolute Gasteiger partial charge is 0.343 e. The van der Waals surface area contributed by atoms with Crippen LogP contribution in [0.15, 0.2) is 47.6 Å². The number of amides is 2. The summed E-state index contributed by atoms with van der Waals surface area (Å²) in [5.41, 5.74) is 8.01. The van der Waals surface area contributed by atoms with Crippen molar-refractivity contribution in [2.45, 2.75) is 6.92 Å². The maximum Gasteiger partial charge on any atom is 0.343 e. The summed E-state index contributed by atoms with van der Waals surface area (Å²) >= 11 is 0. The SMILES string of the molecule is CCOc1ccc(C(=O)Oc2ccc(C=NNC(N)=O)cc2OC)cc1. The fourth-order valence-corrected chi connectivity index (χ4v) is 2.03. The Bertz CT molecular complexity index is 803. The van der Waals surface area contributed by atoms with Gasteiger partial charge in [-0.05, 0) is 55.0 Å². The molecule has 0 saturated carbocycles. The molecule has 0 saturated heterocycles. The lowest BCUT2D eigenvalue weighted by Crippen LogP contribution is -2.24. The minimum absolute atomic E-state index is 0.256. The van der Waals surface area contributed by atoms with E-state index in [1.807, 2.05) is 6.92 Å². The summed E-state index contributed by atoms with van der Waals surface area (Å²) in [7, 11) is 1.45. The Labute approximate surface area is 150 Å². The molecule has 0 fully saturated rings. The first kappa shape index (κ1) is 18.8. The molecule has 0 heterocycles. The molecule has 0 bridgehead atoms. The number of urea groups is 1. The van der Waals surface area contributed by atoms with Gasteiger partial charge in [-0.15, -0.1) is 0 Å². The van der Waals surface area contributed by atoms with Crippen LogP contribution < -0.4 is 25.4 Å². The Balaban J connectivity index is 2.11. The van der Waals surface area contributed by atoms with Crippen LogP contribution in [0.2, 0.25) is 0 Å². The van der Waals surface area contributed by atoms with E-state index in [1.165, 1.54) is 13.3 Å². The van der Waals surface area contributed by atoms with E-state index in [-0.39, 0.29) is 5.75 Å². The van der Waals surface area contributed by atoms with Crippen molar-refractivity contribution in [3.63, 3.8) is 0 Å². The van der Waals surface area contributed by atoms with Crippen molar-refractivity contribution in [3.8, 4) is 17.2 Å². The summed E-state index contributed by atoms with van der Waals surface area (Å²) in [6.45, 7) is 2.43. The van der Waals surface area contributed by atoms with Gasteiger partial charge in [-0.2, -0.15) is 5.10 Å². The standard InChI is InChI=1S/C18H19N3O5/c1-3-25-14-7-5-13(6-8-14)17(22)26-15-9-4-12(10-16(15)24-2)11-20-21-18(19)23/h4-11H,3H2,1-2H3,(H3,19,21,23). The zero-order valence-corrected chi connectivity index (χ0v) is 14.4. The molecular formula is C18H19N3O5. The summed E-state index contributed by atoms with van der Waals surface area (Å²) in [6, 6.07) is 10.7. The normalized spacial score (nSPS) is 10.4. The topological polar surface area (TPSA) is 112 Å². The first-order valence-electron chi connectivity index (χ1n) is 7.75. The average Bonchev–Trinajstić information content (AvgIpc) is 2.63. The number of methoxy groups -OCH3 is 1. The fraction of sp³-hybridized carbons (Fsp3) is 0.167. The molecule has 0 radical (unpaired) electrons. The lowest BCUT2D eigenvalue weighted by molar-refractivity contribution is 0.0729. The van der Waals surface area contributed by atoms with Crippen LogP contribution in [0, 0.1) is 0 Å². The molecule has 26 heavy (non-hydrogen) atoms. The van der Waals surface area contributed by atoms with Gasteiger partial charge in [0.1, 0.15) is 5.75 Å². The average molecular weight is 357 g/mol. The lowest BCUT2D eigenvalue weighted by atomic mass is 10.2. The van der Waals surface area contributed by atoms with Crippen LogP contribution in [0.1, 0.15) is 22.8 Å². The number of carbonyl (C=O) groups excluding carboxylic acids is 2. The van der Waals surface area contributed by atoms with E-state index >= 15 is 0 Å². The van der Waals surface area contributed by atoms with Gasteiger partial charge >= 0.3 is 12.0 Å². The summed E-state index contributed by atoms with van der Waals surface area (Å²) in [4.78, 5) is 22.9. The molecular weight excluding hydrogens is 338 g/mol. The van der Waals surface area contributed by atoms with Gasteiger partial charge in [0.15, 0.2) is 11.5 Å². The number of nitrogens with one attached hydrogen (secondary N) is 1. The number of nitrogens with two attached hydrogens (primary N) is 1. The van der Waals surface area contributed by atoms with E-state index in [0.717, 1.165) is 0 Å². The molecule has 0 aliphatic rings. The molecule has 2 rings (SSSR count). The molecule has 0 unspecified atom stereocenters. The number of benzene rings is 2. The molecule has 2 amide bonds. The summed E-state index contributed by atoms with van der Waals surface area (Å²) in [5, 5.41) is 3.65. The molecule has 0 aliphatic heterocycles. The molecule has 0 atom stereocenters. The molecule has 0 aliphatic carbocycles. The highest BCUT2D eigenvalue weighted by atomic mass is 16.6. The highest BCUT2D eigenvalue weighted by Crippen LogP contribution is 2.28. The van der Waals surface area contributed by atoms with Crippen LogP contribution in [-0.4, -0.2) is 31.9 Å². The number of carbonyl (C=O) groups is 2. The van der Waals surface area contributed by atoms with E-state index in [1.54, 1.807) is 42.5 Å². The zero-order chi connectivity index (χ0) is 18.9. The highest BCUT2D eigenvalue weighted by molar-refractivity contribution is 5.91. The monoisotopic (exact) mass is 357 g/mol. The number of nitrogens with zero attached hydrogens (tertiary/aromatic N) is 1. The van der Waals surface area contributed by atoms with Crippen molar-refractivity contribution in [1.82, 2.24) is 5.43 Å². The number of hydrogen-bond donors (Lipinski definition) is 2. The van der Waals surface area contributed by atoms with Crippen LogP contribution in [-0.2, 0) is 0 Å². The van der Waals surface area contributed by atoms with E-state index < -0.39 is 12.0 Å². The maximum absolute atomic E-state index is 12.3. The molecule has 2 aromatic carbocycles. The van der Waals surface area contributed by atoms with Gasteiger partial charge in [-0.25, -0.2) is 15.0 Å². The maximum atomic E-state index is 12.3. The number of primary amides is 1. The van der Waals surface area contributed by atoms with E-state index in [2.05, 4.69) is 10.5 Å². The van der Waals surface area contributed by atoms with E-state index in [4.69, 9.17) is 19.9 Å². The fourth-order valence-electron chi connectivity index (χ4n) is 2.03. The van der Waals surface area contributed by atoms with Crippen molar-refractivity contribution >= 4 is 18.2 Å². The number of hydrogen-bond acceptors (Lipinski definition) is 6. The van der Waals surface area contributed by atoms with Crippen molar-refractivity contribution in [3.05, 3.63) is 53.6 Å². The van der Waals surface area contributed by atoms with Gasteiger partial charge in [0.2, 0.25) is 0 Å². The first-order chi connectivity index (χ1) is 12.5. The third-order valence-corrected chi connectivity index (χ3v) is 3.18. The molecule has 8 heteroatoms. The zero-order valence-electron chi connectivity index (χ0n) is 14.4. The Morgan fingerprint density at radius 2 is 1.88 bits per heavy atom. The summed E-state index contributed by atoms with van der Waals surface area (Å²) in [6.07, 6.45) is 1.38. The summed E-state index contributed by atoms with van der Waals surface area (Å²) in [5.74, 6) is 0.747. The number of ether oxygens (including phenoxy) is 3. The molecule has 0 aromatic heterocycles. The number of esters is 1. The van der Waals surface area contributed by atoms with Gasteiger partial charge < -0.3 is 19.9 Å². The number of hydrazone groups is 1. The lowest BCUT2D eigenvalue weighted by Gasteiger charge is -2.10. The second-order valence-electron chi connectivity index (χ2n) is 4.99. The van der Waals surface area contributed by atoms with Crippen LogP contribution in [0.5, 0.6) is 17.2 Å². The molecule has 3 N–H and O–H groups in total. The van der Waals surface area contributed by atoms with Gasteiger partial charge in [0.25, 0.3) is 0 Å². The van der Waals surface area contributed by atoms with Gasteiger partial charge in [-0.1, -0.05) is 0 Å². The van der Waals surface area contributed by atoms with Crippen LogP contribution in [0.3, 0.4) is 0 Å². The van der Waals surface area contributed by atoms with Crippen molar-refractivity contribution in [2.24, 2.45) is 10.8 Å². The molecule has 0 spiro atoms. The summed E-state index contributed by atoms with van der Waals surface area (Å²) < 4.78 is 15.9. The largest absolute Gasteiger partial charge is 0.494 e. The molecule has 8 nitrogen and oxygen atoms in total. The van der Waals surface area contributed by atoms with Crippen molar-refractivity contribution in [2.75, 3.05) is 13.7 Å². The Kier molecular flexibility index (Phi) is 6.55. The third-order valence-electron chi connectivity index (χ3n) is 3.18. The molecule has 136 valence electrons. The third kappa shape index (κ3) is 5.23. The predicted molar refractivity (Wildman–Crippen MR) is 95.9 cm³/mol. The van der Waals surface area contributed by atoms with Gasteiger partial charge in [-0.3, -0.25) is 0 Å².